The van der Waals surface area contributed by atoms with Gasteiger partial charge in [0.25, 0.3) is 0 Å². The monoisotopic (exact) mass is 1320 g/mol. The Kier molecular flexibility index (Phi) is 59.4. The van der Waals surface area contributed by atoms with Gasteiger partial charge in [-0.2, -0.15) is 0 Å². The summed E-state index contributed by atoms with van der Waals surface area (Å²) in [6.07, 6.45) is 43.4. The zero-order chi connectivity index (χ0) is 66.8. The van der Waals surface area contributed by atoms with Crippen molar-refractivity contribution in [3.05, 3.63) is 0 Å². The summed E-state index contributed by atoms with van der Waals surface area (Å²) in [4.78, 5) is 72.5. The van der Waals surface area contributed by atoms with Crippen LogP contribution in [0.25, 0.3) is 0 Å². The largest absolute Gasteiger partial charge is 0.472 e. The minimum atomic E-state index is -4.95. The van der Waals surface area contributed by atoms with E-state index in [4.69, 9.17) is 37.0 Å². The Balaban J connectivity index is 5.19. The molecule has 0 heterocycles. The molecular weight excluding hydrogens is 1190 g/mol. The topological polar surface area (TPSA) is 237 Å². The SMILES string of the molecule is CC(C)CCCCCCCCCCCCCCCCCC(=O)OC[C@H](COP(=O)(O)OCC(O)COP(=O)(O)OC[C@@H](COC(=O)CCCCCCCCCCC(C)C)OC(=O)CCCCCCCCC(C)C)OC(=O)CCCCCCCCCCCC(C)C. The van der Waals surface area contributed by atoms with E-state index in [1.165, 1.54) is 154 Å². The number of aliphatic hydroxyl groups excluding tert-OH is 1. The first-order valence-corrected chi connectivity index (χ1v) is 39.7. The second kappa shape index (κ2) is 60.7. The van der Waals surface area contributed by atoms with Gasteiger partial charge in [-0.1, -0.05) is 299 Å². The van der Waals surface area contributed by atoms with Crippen LogP contribution in [0.4, 0.5) is 0 Å². The minimum Gasteiger partial charge on any atom is -0.462 e. The van der Waals surface area contributed by atoms with Crippen molar-refractivity contribution in [1.82, 2.24) is 0 Å². The Labute approximate surface area is 549 Å². The Morgan fingerprint density at radius 3 is 0.689 bits per heavy atom. The highest BCUT2D eigenvalue weighted by Gasteiger charge is 2.30. The summed E-state index contributed by atoms with van der Waals surface area (Å²) in [7, 11) is -9.90. The maximum absolute atomic E-state index is 13.0. The second-order valence-electron chi connectivity index (χ2n) is 27.5. The molecular formula is C71H138O17P2. The second-order valence-corrected chi connectivity index (χ2v) is 30.4. The van der Waals surface area contributed by atoms with Gasteiger partial charge in [-0.25, -0.2) is 9.13 Å². The third-order valence-corrected chi connectivity index (χ3v) is 18.2. The molecule has 0 rings (SSSR count). The van der Waals surface area contributed by atoms with Crippen LogP contribution in [0.1, 0.15) is 351 Å². The molecule has 3 N–H and O–H groups in total. The van der Waals surface area contributed by atoms with Gasteiger partial charge in [-0.05, 0) is 49.4 Å². The minimum absolute atomic E-state index is 0.101. The number of rotatable bonds is 68. The van der Waals surface area contributed by atoms with Crippen molar-refractivity contribution in [2.45, 2.75) is 369 Å². The van der Waals surface area contributed by atoms with Crippen molar-refractivity contribution in [1.29, 1.82) is 0 Å². The Bertz CT molecular complexity index is 1780. The van der Waals surface area contributed by atoms with Crippen LogP contribution in [-0.2, 0) is 65.4 Å². The van der Waals surface area contributed by atoms with Crippen LogP contribution in [0.5, 0.6) is 0 Å². The van der Waals surface area contributed by atoms with Crippen LogP contribution in [0.2, 0.25) is 0 Å². The van der Waals surface area contributed by atoms with Gasteiger partial charge in [-0.15, -0.1) is 0 Å². The van der Waals surface area contributed by atoms with Crippen LogP contribution in [-0.4, -0.2) is 96.7 Å². The molecule has 0 bridgehead atoms. The summed E-state index contributed by atoms with van der Waals surface area (Å²) >= 11 is 0. The van der Waals surface area contributed by atoms with Crippen molar-refractivity contribution >= 4 is 39.5 Å². The lowest BCUT2D eigenvalue weighted by molar-refractivity contribution is -0.161. The summed E-state index contributed by atoms with van der Waals surface area (Å²) in [5, 5.41) is 10.6. The van der Waals surface area contributed by atoms with E-state index in [2.05, 4.69) is 55.4 Å². The van der Waals surface area contributed by atoms with Crippen LogP contribution >= 0.6 is 15.6 Å². The maximum Gasteiger partial charge on any atom is 0.472 e. The molecule has 0 aromatic rings. The standard InChI is InChI=1S/C71H138O17P2/c1-61(2)47-39-31-23-17-14-12-10-9-11-13-15-19-26-35-43-51-68(73)81-57-66(87-70(75)53-45-37-28-20-16-18-24-32-40-48-62(3)4)59-85-89(77,78)83-55-65(72)56-84-90(79,80)86-60-67(88-71(76)54-46-38-30-29-34-42-50-64(7)8)58-82-69(74)52-44-36-27-22-21-25-33-41-49-63(5)6/h61-67,72H,9-60H2,1-8H3,(H,77,78)(H,79,80)/t65?,66-,67-/m1/s1. The van der Waals surface area contributed by atoms with Crippen molar-refractivity contribution < 1.29 is 80.2 Å². The molecule has 0 aliphatic carbocycles. The van der Waals surface area contributed by atoms with Gasteiger partial charge in [0.15, 0.2) is 12.2 Å². The summed E-state index contributed by atoms with van der Waals surface area (Å²) < 4.78 is 68.2. The number of aliphatic hydroxyl groups is 1. The van der Waals surface area contributed by atoms with E-state index in [9.17, 15) is 43.2 Å². The Hall–Kier alpha value is -1.94. The number of esters is 4. The first kappa shape index (κ1) is 88.1. The molecule has 0 fully saturated rings. The molecule has 0 aromatic carbocycles. The molecule has 0 aliphatic rings. The van der Waals surface area contributed by atoms with E-state index in [0.29, 0.717) is 31.6 Å². The highest BCUT2D eigenvalue weighted by molar-refractivity contribution is 7.47. The van der Waals surface area contributed by atoms with Crippen molar-refractivity contribution in [3.8, 4) is 0 Å². The summed E-state index contributed by atoms with van der Waals surface area (Å²) in [6, 6.07) is 0. The lowest BCUT2D eigenvalue weighted by Crippen LogP contribution is -2.30. The van der Waals surface area contributed by atoms with Gasteiger partial charge in [-0.3, -0.25) is 37.3 Å². The summed E-state index contributed by atoms with van der Waals surface area (Å²) in [5.41, 5.74) is 0. The number of phosphoric ester groups is 2. The van der Waals surface area contributed by atoms with Crippen molar-refractivity contribution in [2.75, 3.05) is 39.6 Å². The Morgan fingerprint density at radius 2 is 0.467 bits per heavy atom. The molecule has 17 nitrogen and oxygen atoms in total. The van der Waals surface area contributed by atoms with Gasteiger partial charge in [0.1, 0.15) is 19.3 Å². The molecule has 5 atom stereocenters. The Morgan fingerprint density at radius 1 is 0.278 bits per heavy atom. The predicted octanol–water partition coefficient (Wildman–Crippen LogP) is 20.1. The number of carbonyl (C=O) groups excluding carboxylic acids is 4. The van der Waals surface area contributed by atoms with Gasteiger partial charge in [0.05, 0.1) is 26.4 Å². The van der Waals surface area contributed by atoms with E-state index in [1.54, 1.807) is 0 Å². The summed E-state index contributed by atoms with van der Waals surface area (Å²) in [6.45, 7) is 14.0. The van der Waals surface area contributed by atoms with E-state index in [-0.39, 0.29) is 25.7 Å². The normalized spacial score (nSPS) is 14.3. The van der Waals surface area contributed by atoms with Gasteiger partial charge >= 0.3 is 39.5 Å². The third-order valence-electron chi connectivity index (χ3n) is 16.3. The first-order valence-electron chi connectivity index (χ1n) is 36.7. The molecule has 19 heteroatoms. The molecule has 0 aromatic heterocycles. The molecule has 0 aliphatic heterocycles. The van der Waals surface area contributed by atoms with Gasteiger partial charge in [0, 0.05) is 25.7 Å². The quantitative estimate of drug-likeness (QED) is 0.0222. The average molecular weight is 1330 g/mol. The molecule has 0 saturated heterocycles. The lowest BCUT2D eigenvalue weighted by Gasteiger charge is -2.21. The van der Waals surface area contributed by atoms with Crippen LogP contribution < -0.4 is 0 Å². The number of carbonyl (C=O) groups is 4. The van der Waals surface area contributed by atoms with E-state index < -0.39 is 97.5 Å². The van der Waals surface area contributed by atoms with Crippen LogP contribution in [0.3, 0.4) is 0 Å². The smallest absolute Gasteiger partial charge is 0.462 e. The van der Waals surface area contributed by atoms with E-state index >= 15 is 0 Å². The van der Waals surface area contributed by atoms with Crippen molar-refractivity contribution in [3.63, 3.8) is 0 Å². The van der Waals surface area contributed by atoms with E-state index in [0.717, 1.165) is 108 Å². The predicted molar refractivity (Wildman–Crippen MR) is 363 cm³/mol. The number of phosphoric acid groups is 2. The fourth-order valence-corrected chi connectivity index (χ4v) is 12.2. The van der Waals surface area contributed by atoms with Gasteiger partial charge < -0.3 is 33.8 Å². The van der Waals surface area contributed by atoms with Crippen LogP contribution in [0.15, 0.2) is 0 Å². The molecule has 0 radical (unpaired) electrons. The molecule has 534 valence electrons. The number of unbranched alkanes of at least 4 members (excludes halogenated alkanes) is 34. The fourth-order valence-electron chi connectivity index (χ4n) is 10.7. The maximum atomic E-state index is 13.0. The number of hydrogen-bond donors (Lipinski definition) is 3. The number of ether oxygens (including phenoxy) is 4. The molecule has 90 heavy (non-hydrogen) atoms. The molecule has 0 amide bonds. The number of hydrogen-bond acceptors (Lipinski definition) is 15. The zero-order valence-corrected chi connectivity index (χ0v) is 60.6. The fraction of sp³-hybridized carbons (Fsp3) is 0.944. The highest BCUT2D eigenvalue weighted by Crippen LogP contribution is 2.45. The van der Waals surface area contributed by atoms with Crippen LogP contribution in [0, 0.1) is 23.7 Å². The lowest BCUT2D eigenvalue weighted by atomic mass is 10.0. The first-order chi connectivity index (χ1) is 43.1. The average Bonchev–Trinajstić information content (AvgIpc) is 3.59. The molecule has 0 saturated carbocycles. The molecule has 0 spiro atoms. The third kappa shape index (κ3) is 64.8. The van der Waals surface area contributed by atoms with Crippen molar-refractivity contribution in [2.24, 2.45) is 23.7 Å². The summed E-state index contributed by atoms with van der Waals surface area (Å²) in [5.74, 6) is 0.805. The highest BCUT2D eigenvalue weighted by atomic mass is 31.2. The van der Waals surface area contributed by atoms with E-state index in [1.807, 2.05) is 0 Å². The van der Waals surface area contributed by atoms with Gasteiger partial charge in [0.2, 0.25) is 0 Å². The molecule has 3 unspecified atom stereocenters. The zero-order valence-electron chi connectivity index (χ0n) is 58.8.